The van der Waals surface area contributed by atoms with Gasteiger partial charge in [-0.15, -0.1) is 0 Å². The molecule has 0 atom stereocenters. The predicted octanol–water partition coefficient (Wildman–Crippen LogP) is 1.09. The average molecular weight is 259 g/mol. The van der Waals surface area contributed by atoms with Crippen molar-refractivity contribution in [3.05, 3.63) is 18.5 Å². The summed E-state index contributed by atoms with van der Waals surface area (Å²) in [7, 11) is 3.83. The third-order valence-corrected chi connectivity index (χ3v) is 3.48. The van der Waals surface area contributed by atoms with Crippen molar-refractivity contribution in [3.8, 4) is 5.95 Å². The zero-order valence-corrected chi connectivity index (χ0v) is 11.1. The van der Waals surface area contributed by atoms with Gasteiger partial charge in [-0.3, -0.25) is 0 Å². The van der Waals surface area contributed by atoms with Crippen LogP contribution in [0.2, 0.25) is 0 Å². The van der Waals surface area contributed by atoms with Crippen LogP contribution < -0.4 is 10.2 Å². The highest BCUT2D eigenvalue weighted by molar-refractivity contribution is 5.40. The minimum absolute atomic E-state index is 0.533. The Morgan fingerprint density at radius 2 is 2.16 bits per heavy atom. The van der Waals surface area contributed by atoms with E-state index in [-0.39, 0.29) is 0 Å². The van der Waals surface area contributed by atoms with Crippen LogP contribution in [0.15, 0.2) is 18.5 Å². The summed E-state index contributed by atoms with van der Waals surface area (Å²) < 4.78 is 1.64. The molecule has 0 saturated heterocycles. The van der Waals surface area contributed by atoms with E-state index in [0.29, 0.717) is 23.9 Å². The second-order valence-corrected chi connectivity index (χ2v) is 4.66. The Labute approximate surface area is 111 Å². The fraction of sp³-hybridized carbons (Fsp3) is 0.500. The van der Waals surface area contributed by atoms with Crippen molar-refractivity contribution in [2.24, 2.45) is 0 Å². The molecule has 0 unspecified atom stereocenters. The molecular formula is C12H17N7. The molecular weight excluding hydrogens is 242 g/mol. The van der Waals surface area contributed by atoms with Crippen molar-refractivity contribution in [1.82, 2.24) is 24.7 Å². The van der Waals surface area contributed by atoms with Gasteiger partial charge >= 0.3 is 0 Å². The summed E-state index contributed by atoms with van der Waals surface area (Å²) in [5.74, 6) is 1.78. The van der Waals surface area contributed by atoms with Crippen molar-refractivity contribution < 1.29 is 0 Å². The van der Waals surface area contributed by atoms with E-state index < -0.39 is 0 Å². The molecule has 7 nitrogen and oxygen atoms in total. The molecule has 0 spiro atoms. The van der Waals surface area contributed by atoms with Gasteiger partial charge < -0.3 is 10.2 Å². The molecule has 0 aliphatic heterocycles. The molecule has 2 aromatic heterocycles. The molecule has 100 valence electrons. The van der Waals surface area contributed by atoms with Gasteiger partial charge in [-0.25, -0.2) is 4.68 Å². The average Bonchev–Trinajstić information content (AvgIpc) is 2.90. The van der Waals surface area contributed by atoms with E-state index in [1.54, 1.807) is 17.9 Å². The van der Waals surface area contributed by atoms with E-state index in [9.17, 15) is 0 Å². The summed E-state index contributed by atoms with van der Waals surface area (Å²) >= 11 is 0. The molecule has 0 aromatic carbocycles. The third kappa shape index (κ3) is 2.23. The smallest absolute Gasteiger partial charge is 0.257 e. The Kier molecular flexibility index (Phi) is 3.02. The summed E-state index contributed by atoms with van der Waals surface area (Å²) in [6, 6.07) is 2.38. The van der Waals surface area contributed by atoms with Crippen molar-refractivity contribution in [2.45, 2.75) is 25.3 Å². The molecule has 0 amide bonds. The predicted molar refractivity (Wildman–Crippen MR) is 72.5 cm³/mol. The highest BCUT2D eigenvalue weighted by atomic mass is 15.4. The molecule has 1 N–H and O–H groups in total. The molecule has 0 radical (unpaired) electrons. The van der Waals surface area contributed by atoms with Crippen LogP contribution in [0.25, 0.3) is 5.95 Å². The molecule has 1 aliphatic carbocycles. The maximum atomic E-state index is 4.49. The van der Waals surface area contributed by atoms with Gasteiger partial charge in [0, 0.05) is 32.5 Å². The van der Waals surface area contributed by atoms with Crippen LogP contribution in [0.4, 0.5) is 11.9 Å². The summed E-state index contributed by atoms with van der Waals surface area (Å²) in [4.78, 5) is 15.4. The fourth-order valence-corrected chi connectivity index (χ4v) is 2.05. The van der Waals surface area contributed by atoms with Gasteiger partial charge in [0.2, 0.25) is 11.9 Å². The van der Waals surface area contributed by atoms with Crippen molar-refractivity contribution in [2.75, 3.05) is 24.3 Å². The molecule has 2 aromatic rings. The first-order valence-corrected chi connectivity index (χ1v) is 6.44. The lowest BCUT2D eigenvalue weighted by molar-refractivity contribution is 0.397. The lowest BCUT2D eigenvalue weighted by atomic mass is 9.92. The van der Waals surface area contributed by atoms with Crippen LogP contribution in [-0.2, 0) is 0 Å². The van der Waals surface area contributed by atoms with Crippen molar-refractivity contribution in [1.29, 1.82) is 0 Å². The second-order valence-electron chi connectivity index (χ2n) is 4.66. The van der Waals surface area contributed by atoms with Crippen molar-refractivity contribution >= 4 is 11.9 Å². The molecule has 1 fully saturated rings. The van der Waals surface area contributed by atoms with Gasteiger partial charge in [0.25, 0.3) is 5.95 Å². The number of nitrogens with zero attached hydrogens (tertiary/aromatic N) is 6. The van der Waals surface area contributed by atoms with E-state index >= 15 is 0 Å². The normalized spacial score (nSPS) is 15.1. The summed E-state index contributed by atoms with van der Waals surface area (Å²) in [5.41, 5.74) is 0. The second kappa shape index (κ2) is 4.83. The number of hydrogen-bond acceptors (Lipinski definition) is 6. The Morgan fingerprint density at radius 1 is 1.32 bits per heavy atom. The number of nitrogens with one attached hydrogen (secondary N) is 1. The zero-order valence-electron chi connectivity index (χ0n) is 11.1. The van der Waals surface area contributed by atoms with Crippen LogP contribution in [0.1, 0.15) is 19.3 Å². The first kappa shape index (κ1) is 11.9. The number of aromatic nitrogens is 5. The van der Waals surface area contributed by atoms with E-state index in [1.807, 2.05) is 19.3 Å². The summed E-state index contributed by atoms with van der Waals surface area (Å²) in [6.07, 6.45) is 7.22. The van der Waals surface area contributed by atoms with Crippen LogP contribution in [0.5, 0.6) is 0 Å². The van der Waals surface area contributed by atoms with Crippen LogP contribution >= 0.6 is 0 Å². The first-order valence-electron chi connectivity index (χ1n) is 6.44. The quantitative estimate of drug-likeness (QED) is 0.886. The van der Waals surface area contributed by atoms with Gasteiger partial charge in [-0.1, -0.05) is 0 Å². The van der Waals surface area contributed by atoms with Gasteiger partial charge in [0.15, 0.2) is 0 Å². The van der Waals surface area contributed by atoms with E-state index in [4.69, 9.17) is 0 Å². The fourth-order valence-electron chi connectivity index (χ4n) is 2.05. The Balaban J connectivity index is 1.97. The standard InChI is InChI=1S/C12H17N7/c1-13-10-15-11(18(2)9-5-3-6-9)17-12(16-10)19-8-4-7-14-19/h4,7-9H,3,5-6H2,1-2H3,(H,13,15,16,17). The molecule has 1 aliphatic rings. The minimum atomic E-state index is 0.533. The van der Waals surface area contributed by atoms with Crippen LogP contribution in [-0.4, -0.2) is 44.9 Å². The molecule has 7 heteroatoms. The molecule has 3 rings (SSSR count). The topological polar surface area (TPSA) is 71.8 Å². The lowest BCUT2D eigenvalue weighted by Crippen LogP contribution is -2.38. The summed E-state index contributed by atoms with van der Waals surface area (Å²) in [6.45, 7) is 0. The summed E-state index contributed by atoms with van der Waals surface area (Å²) in [5, 5.41) is 7.13. The minimum Gasteiger partial charge on any atom is -0.357 e. The number of rotatable bonds is 4. The van der Waals surface area contributed by atoms with Gasteiger partial charge in [0.1, 0.15) is 0 Å². The van der Waals surface area contributed by atoms with Gasteiger partial charge in [0.05, 0.1) is 0 Å². The van der Waals surface area contributed by atoms with Gasteiger partial charge in [-0.05, 0) is 25.3 Å². The first-order chi connectivity index (χ1) is 9.28. The molecule has 1 saturated carbocycles. The lowest BCUT2D eigenvalue weighted by Gasteiger charge is -2.34. The maximum Gasteiger partial charge on any atom is 0.257 e. The maximum absolute atomic E-state index is 4.49. The van der Waals surface area contributed by atoms with E-state index in [0.717, 1.165) is 0 Å². The van der Waals surface area contributed by atoms with Gasteiger partial charge in [-0.2, -0.15) is 20.1 Å². The van der Waals surface area contributed by atoms with Crippen LogP contribution in [0, 0.1) is 0 Å². The number of hydrogen-bond donors (Lipinski definition) is 1. The highest BCUT2D eigenvalue weighted by Gasteiger charge is 2.24. The molecule has 0 bridgehead atoms. The monoisotopic (exact) mass is 259 g/mol. The number of anilines is 2. The largest absolute Gasteiger partial charge is 0.357 e. The Morgan fingerprint density at radius 3 is 2.74 bits per heavy atom. The van der Waals surface area contributed by atoms with E-state index in [1.165, 1.54) is 19.3 Å². The Hall–Kier alpha value is -2.18. The Bertz CT molecular complexity index is 547. The van der Waals surface area contributed by atoms with E-state index in [2.05, 4.69) is 30.3 Å². The SMILES string of the molecule is CNc1nc(N(C)C2CCC2)nc(-n2cccn2)n1. The highest BCUT2D eigenvalue weighted by Crippen LogP contribution is 2.26. The zero-order chi connectivity index (χ0) is 13.2. The molecule has 2 heterocycles. The van der Waals surface area contributed by atoms with Crippen molar-refractivity contribution in [3.63, 3.8) is 0 Å². The van der Waals surface area contributed by atoms with Crippen LogP contribution in [0.3, 0.4) is 0 Å². The third-order valence-electron chi connectivity index (χ3n) is 3.48. The molecule has 19 heavy (non-hydrogen) atoms.